The molecule has 3 N–H and O–H groups in total. The van der Waals surface area contributed by atoms with Gasteiger partial charge in [0.05, 0.1) is 27.9 Å². The van der Waals surface area contributed by atoms with Crippen molar-refractivity contribution in [3.05, 3.63) is 129 Å². The van der Waals surface area contributed by atoms with E-state index in [4.69, 9.17) is 23.7 Å². The van der Waals surface area contributed by atoms with E-state index in [0.717, 1.165) is 61.6 Å². The lowest BCUT2D eigenvalue weighted by molar-refractivity contribution is -0.140. The molecule has 1 aromatic heterocycles. The van der Waals surface area contributed by atoms with Gasteiger partial charge >= 0.3 is 11.7 Å². The average molecular weight is 984 g/mol. The monoisotopic (exact) mass is 984 g/mol. The molecular formula is C57H81N3O11. The van der Waals surface area contributed by atoms with E-state index in [-0.39, 0.29) is 18.5 Å². The number of aliphatic hydroxyl groups is 1. The Morgan fingerprint density at radius 2 is 1.13 bits per heavy atom. The quantitative estimate of drug-likeness (QED) is 0.0225. The predicted molar refractivity (Wildman–Crippen MR) is 276 cm³/mol. The van der Waals surface area contributed by atoms with E-state index >= 15 is 0 Å². The first kappa shape index (κ1) is 56.6. The van der Waals surface area contributed by atoms with Gasteiger partial charge in [0, 0.05) is 38.3 Å². The molecule has 1 fully saturated rings. The van der Waals surface area contributed by atoms with Crippen molar-refractivity contribution in [1.29, 1.82) is 0 Å². The second kappa shape index (κ2) is 31.9. The van der Waals surface area contributed by atoms with E-state index in [1.807, 2.05) is 78.9 Å². The number of methoxy groups -OCH3 is 3. The highest BCUT2D eigenvalue weighted by atomic mass is 16.6. The number of esters is 1. The van der Waals surface area contributed by atoms with Crippen LogP contribution in [0.1, 0.15) is 164 Å². The third-order valence-corrected chi connectivity index (χ3v) is 13.5. The molecule has 0 spiro atoms. The number of ether oxygens (including phenoxy) is 6. The molecule has 1 aliphatic heterocycles. The Bertz CT molecular complexity index is 2170. The highest BCUT2D eigenvalue weighted by molar-refractivity contribution is 5.75. The van der Waals surface area contributed by atoms with Gasteiger partial charge in [-0.1, -0.05) is 157 Å². The molecule has 5 rings (SSSR count). The third kappa shape index (κ3) is 18.4. The van der Waals surface area contributed by atoms with Gasteiger partial charge in [-0.05, 0) is 66.6 Å². The lowest BCUT2D eigenvalue weighted by Crippen LogP contribution is -2.41. The van der Waals surface area contributed by atoms with Crippen LogP contribution < -0.4 is 26.0 Å². The first-order valence-corrected chi connectivity index (χ1v) is 26.3. The van der Waals surface area contributed by atoms with Crippen LogP contribution in [0.5, 0.6) is 11.5 Å². The van der Waals surface area contributed by atoms with E-state index in [0.29, 0.717) is 43.9 Å². The highest BCUT2D eigenvalue weighted by Crippen LogP contribution is 2.43. The lowest BCUT2D eigenvalue weighted by atomic mass is 9.80. The Balaban J connectivity index is 1.01. The maximum Gasteiger partial charge on any atom is 0.330 e. The van der Waals surface area contributed by atoms with Crippen molar-refractivity contribution in [3.63, 3.8) is 0 Å². The molecule has 2 heterocycles. The smallest absolute Gasteiger partial charge is 0.330 e. The predicted octanol–water partition coefficient (Wildman–Crippen LogP) is 10.1. The van der Waals surface area contributed by atoms with E-state index < -0.39 is 41.4 Å². The number of hydrogen-bond acceptors (Lipinski definition) is 11. The van der Waals surface area contributed by atoms with Crippen LogP contribution in [0.3, 0.4) is 0 Å². The van der Waals surface area contributed by atoms with E-state index in [1.165, 1.54) is 101 Å². The number of H-pyrrole nitrogens is 1. The van der Waals surface area contributed by atoms with Gasteiger partial charge in [-0.25, -0.2) is 4.79 Å². The second-order valence-electron chi connectivity index (χ2n) is 18.7. The fourth-order valence-electron chi connectivity index (χ4n) is 9.42. The van der Waals surface area contributed by atoms with Crippen molar-refractivity contribution in [1.82, 2.24) is 14.9 Å². The van der Waals surface area contributed by atoms with Crippen molar-refractivity contribution in [3.8, 4) is 11.5 Å². The van der Waals surface area contributed by atoms with Crippen LogP contribution in [0, 0.1) is 0 Å². The summed E-state index contributed by atoms with van der Waals surface area (Å²) in [4.78, 5) is 51.1. The molecule has 3 aromatic carbocycles. The zero-order valence-electron chi connectivity index (χ0n) is 42.6. The summed E-state index contributed by atoms with van der Waals surface area (Å²) in [6, 6.07) is 26.3. The van der Waals surface area contributed by atoms with Crippen LogP contribution in [-0.2, 0) is 34.1 Å². The minimum absolute atomic E-state index is 0.0965. The van der Waals surface area contributed by atoms with Crippen molar-refractivity contribution >= 4 is 11.9 Å². The summed E-state index contributed by atoms with van der Waals surface area (Å²) < 4.78 is 36.7. The number of aliphatic hydroxyl groups excluding tert-OH is 1. The molecule has 1 saturated heterocycles. The number of rotatable bonds is 36. The summed E-state index contributed by atoms with van der Waals surface area (Å²) >= 11 is 0. The van der Waals surface area contributed by atoms with Crippen LogP contribution in [-0.4, -0.2) is 85.9 Å². The largest absolute Gasteiger partial charge is 0.497 e. The fourth-order valence-corrected chi connectivity index (χ4v) is 9.42. The van der Waals surface area contributed by atoms with E-state index in [2.05, 4.69) is 15.0 Å². The van der Waals surface area contributed by atoms with Crippen LogP contribution in [0.2, 0.25) is 0 Å². The Hall–Kier alpha value is -5.28. The molecule has 0 radical (unpaired) electrons. The maximum absolute atomic E-state index is 13.1. The van der Waals surface area contributed by atoms with Crippen LogP contribution >= 0.6 is 0 Å². The van der Waals surface area contributed by atoms with Crippen LogP contribution in [0.15, 0.2) is 101 Å². The van der Waals surface area contributed by atoms with Gasteiger partial charge in [0.1, 0.15) is 35.4 Å². The number of amides is 1. The zero-order chi connectivity index (χ0) is 50.5. The molecule has 1 aliphatic rings. The zero-order valence-corrected chi connectivity index (χ0v) is 42.6. The Morgan fingerprint density at radius 3 is 1.65 bits per heavy atom. The lowest BCUT2D eigenvalue weighted by Gasteiger charge is -2.37. The minimum atomic E-state index is -1.20. The van der Waals surface area contributed by atoms with Gasteiger partial charge < -0.3 is 38.8 Å². The highest BCUT2D eigenvalue weighted by Gasteiger charge is 2.48. The molecule has 14 nitrogen and oxygen atoms in total. The Labute approximate surface area is 421 Å². The molecule has 0 saturated carbocycles. The van der Waals surface area contributed by atoms with Gasteiger partial charge in [0.15, 0.2) is 6.23 Å². The number of carbonyl (C=O) groups is 2. The van der Waals surface area contributed by atoms with Gasteiger partial charge in [-0.3, -0.25) is 23.9 Å². The normalized spacial score (nSPS) is 16.7. The molecule has 4 atom stereocenters. The van der Waals surface area contributed by atoms with Crippen molar-refractivity contribution in [2.45, 2.75) is 171 Å². The molecule has 4 aromatic rings. The third-order valence-electron chi connectivity index (χ3n) is 13.5. The molecule has 14 heteroatoms. The SMILES string of the molecule is COC(=O)CCCCCCCCCCCCCCCCCCC(=O)NCCCCCCO[C@H]1C(O)[C@@H](COC(c2ccccc2)(c2ccc(OC)cc2)c2ccc(OC)cc2)O[C@H]1n1ccc(=O)[nH]c1=O. The van der Waals surface area contributed by atoms with E-state index in [1.54, 1.807) is 14.2 Å². The number of aromatic amines is 1. The molecule has 390 valence electrons. The second-order valence-corrected chi connectivity index (χ2v) is 18.7. The van der Waals surface area contributed by atoms with Gasteiger partial charge in [0.25, 0.3) is 5.56 Å². The van der Waals surface area contributed by atoms with E-state index in [9.17, 15) is 24.3 Å². The summed E-state index contributed by atoms with van der Waals surface area (Å²) in [5, 5.41) is 15.0. The first-order valence-electron chi connectivity index (χ1n) is 26.3. The fraction of sp³-hybridized carbons (Fsp3) is 0.579. The minimum Gasteiger partial charge on any atom is -0.497 e. The van der Waals surface area contributed by atoms with Gasteiger partial charge in [0.2, 0.25) is 5.91 Å². The molecule has 0 aliphatic carbocycles. The van der Waals surface area contributed by atoms with Crippen LogP contribution in [0.25, 0.3) is 0 Å². The standard InChI is InChI=1S/C57H81N3O11/c1-66-47-35-31-45(32-36-47)57(44-27-21-20-22-28-44,46-33-37-48(67-2)38-34-46)70-43-49-53(64)54(55(71-49)60-41-39-51(62)59-56(60)65)69-42-26-19-18-25-40-58-50(61)29-23-16-14-12-10-8-6-4-5-7-9-11-13-15-17-24-30-52(63)68-3/h20-22,27-28,31-39,41,49,53-55,64H,4-19,23-26,29-30,40,42-43H2,1-3H3,(H,58,61)(H,59,62,65)/t49-,53?,54+,55-/m1/s1. The summed E-state index contributed by atoms with van der Waals surface area (Å²) in [6.45, 7) is 0.833. The van der Waals surface area contributed by atoms with Gasteiger partial charge in [-0.2, -0.15) is 0 Å². The summed E-state index contributed by atoms with van der Waals surface area (Å²) in [5.74, 6) is 1.37. The number of nitrogens with one attached hydrogen (secondary N) is 2. The number of benzene rings is 3. The summed E-state index contributed by atoms with van der Waals surface area (Å²) in [5.41, 5.74) is 0.0479. The van der Waals surface area contributed by atoms with Crippen molar-refractivity contribution in [2.75, 3.05) is 41.1 Å². The number of unbranched alkanes of at least 4 members (excludes halogenated alkanes) is 18. The number of carbonyl (C=O) groups excluding carboxylic acids is 2. The number of nitrogens with zero attached hydrogens (tertiary/aromatic N) is 1. The number of hydrogen-bond donors (Lipinski definition) is 3. The van der Waals surface area contributed by atoms with Crippen molar-refractivity contribution in [2.24, 2.45) is 0 Å². The Kier molecular flexibility index (Phi) is 25.5. The van der Waals surface area contributed by atoms with Crippen molar-refractivity contribution < 1.29 is 43.1 Å². The number of aromatic nitrogens is 2. The van der Waals surface area contributed by atoms with Gasteiger partial charge in [-0.15, -0.1) is 0 Å². The molecule has 71 heavy (non-hydrogen) atoms. The first-order chi connectivity index (χ1) is 34.7. The topological polar surface area (TPSA) is 177 Å². The van der Waals surface area contributed by atoms with Crippen LogP contribution in [0.4, 0.5) is 0 Å². The summed E-state index contributed by atoms with van der Waals surface area (Å²) in [6.07, 6.45) is 21.1. The molecule has 1 unspecified atom stereocenters. The Morgan fingerprint density at radius 1 is 0.634 bits per heavy atom. The average Bonchev–Trinajstić information content (AvgIpc) is 3.70. The molecule has 0 bridgehead atoms. The maximum atomic E-state index is 13.1. The molecule has 1 amide bonds. The summed E-state index contributed by atoms with van der Waals surface area (Å²) in [7, 11) is 4.68. The molecular weight excluding hydrogens is 903 g/mol.